The Bertz CT molecular complexity index is 525. The van der Waals surface area contributed by atoms with Gasteiger partial charge in [-0.15, -0.1) is 0 Å². The van der Waals surface area contributed by atoms with E-state index in [4.69, 9.17) is 17.2 Å². The largest absolute Gasteiger partial charge is 0.480 e. The quantitative estimate of drug-likeness (QED) is 0.115. The Kier molecular flexibility index (Phi) is 8.49. The lowest BCUT2D eigenvalue weighted by atomic mass is 10.1. The summed E-state index contributed by atoms with van der Waals surface area (Å²) in [6, 6.07) is -2.61. The van der Waals surface area contributed by atoms with E-state index in [-0.39, 0.29) is 18.1 Å². The highest BCUT2D eigenvalue weighted by Crippen LogP contribution is 2.19. The van der Waals surface area contributed by atoms with Crippen LogP contribution in [-0.2, 0) is 14.4 Å². The Morgan fingerprint density at radius 1 is 1.36 bits per heavy atom. The van der Waals surface area contributed by atoms with Crippen LogP contribution in [0, 0.1) is 0 Å². The molecule has 0 unspecified atom stereocenters. The second-order valence-electron chi connectivity index (χ2n) is 5.83. The molecule has 25 heavy (non-hydrogen) atoms. The fourth-order valence-electron chi connectivity index (χ4n) is 2.61. The van der Waals surface area contributed by atoms with E-state index in [1.54, 1.807) is 0 Å². The molecular formula is C14H26N6O4S. The van der Waals surface area contributed by atoms with Crippen LogP contribution in [0.4, 0.5) is 0 Å². The summed E-state index contributed by atoms with van der Waals surface area (Å²) in [5, 5.41) is 11.8. The van der Waals surface area contributed by atoms with Crippen molar-refractivity contribution in [3.8, 4) is 0 Å². The number of aliphatic imine (C=N–C) groups is 1. The minimum Gasteiger partial charge on any atom is -0.480 e. The molecular weight excluding hydrogens is 348 g/mol. The van der Waals surface area contributed by atoms with Crippen molar-refractivity contribution in [2.24, 2.45) is 22.2 Å². The second kappa shape index (κ2) is 10.1. The molecule has 1 aliphatic rings. The number of nitrogens with zero attached hydrogens (tertiary/aromatic N) is 2. The van der Waals surface area contributed by atoms with E-state index in [2.05, 4.69) is 22.9 Å². The fourth-order valence-corrected chi connectivity index (χ4v) is 2.78. The molecule has 1 rings (SSSR count). The van der Waals surface area contributed by atoms with Gasteiger partial charge in [0.2, 0.25) is 11.8 Å². The topological polar surface area (TPSA) is 177 Å². The van der Waals surface area contributed by atoms with E-state index < -0.39 is 35.9 Å². The summed E-state index contributed by atoms with van der Waals surface area (Å²) in [7, 11) is 0. The number of thiol groups is 1. The molecule has 11 heteroatoms. The predicted molar refractivity (Wildman–Crippen MR) is 96.0 cm³/mol. The summed E-state index contributed by atoms with van der Waals surface area (Å²) in [5.41, 5.74) is 16.1. The summed E-state index contributed by atoms with van der Waals surface area (Å²) < 4.78 is 0. The van der Waals surface area contributed by atoms with E-state index in [0.717, 1.165) is 0 Å². The average Bonchev–Trinajstić information content (AvgIpc) is 3.05. The molecule has 0 aromatic heterocycles. The highest BCUT2D eigenvalue weighted by atomic mass is 32.1. The van der Waals surface area contributed by atoms with Crippen LogP contribution in [0.1, 0.15) is 25.7 Å². The Labute approximate surface area is 151 Å². The second-order valence-corrected chi connectivity index (χ2v) is 6.19. The molecule has 0 aromatic carbocycles. The Hall–Kier alpha value is -2.01. The number of carbonyl (C=O) groups is 3. The lowest BCUT2D eigenvalue weighted by Gasteiger charge is -2.28. The summed E-state index contributed by atoms with van der Waals surface area (Å²) in [6.07, 6.45) is 1.71. The Morgan fingerprint density at radius 3 is 2.60 bits per heavy atom. The van der Waals surface area contributed by atoms with E-state index in [9.17, 15) is 19.5 Å². The van der Waals surface area contributed by atoms with Crippen LogP contribution in [0.5, 0.6) is 0 Å². The first kappa shape index (κ1) is 21.0. The summed E-state index contributed by atoms with van der Waals surface area (Å²) in [4.78, 5) is 41.2. The van der Waals surface area contributed by atoms with Crippen molar-refractivity contribution in [3.63, 3.8) is 0 Å². The minimum absolute atomic E-state index is 0.0607. The van der Waals surface area contributed by atoms with Crippen molar-refractivity contribution in [1.29, 1.82) is 0 Å². The number of carboxylic acids is 1. The van der Waals surface area contributed by atoms with Crippen LogP contribution in [0.15, 0.2) is 4.99 Å². The van der Waals surface area contributed by atoms with Crippen molar-refractivity contribution in [2.45, 2.75) is 43.8 Å². The van der Waals surface area contributed by atoms with Gasteiger partial charge < -0.3 is 32.5 Å². The molecule has 1 saturated heterocycles. The number of hydrogen-bond acceptors (Lipinski definition) is 6. The van der Waals surface area contributed by atoms with Crippen LogP contribution < -0.4 is 22.5 Å². The lowest BCUT2D eigenvalue weighted by Crippen LogP contribution is -2.54. The number of likely N-dealkylation sites (tertiary alicyclic amines) is 1. The molecule has 3 atom stereocenters. The van der Waals surface area contributed by atoms with Gasteiger partial charge in [0.15, 0.2) is 5.96 Å². The van der Waals surface area contributed by atoms with Crippen molar-refractivity contribution in [2.75, 3.05) is 18.8 Å². The third-order valence-electron chi connectivity index (χ3n) is 3.91. The van der Waals surface area contributed by atoms with Crippen LogP contribution in [-0.4, -0.2) is 70.7 Å². The van der Waals surface area contributed by atoms with Gasteiger partial charge in [-0.25, -0.2) is 4.79 Å². The maximum atomic E-state index is 12.7. The van der Waals surface area contributed by atoms with Crippen molar-refractivity contribution in [3.05, 3.63) is 0 Å². The normalized spacial score (nSPS) is 19.1. The van der Waals surface area contributed by atoms with E-state index in [1.165, 1.54) is 4.90 Å². The number of carboxylic acid groups (broad SMARTS) is 1. The molecule has 0 aliphatic carbocycles. The van der Waals surface area contributed by atoms with Gasteiger partial charge in [-0.05, 0) is 25.7 Å². The Balaban J connectivity index is 2.80. The minimum atomic E-state index is -1.05. The SMILES string of the molecule is NC(N)=NCCC[C@H](NC(=O)[C@@H](N)CS)C(=O)N1CCC[C@@H]1C(=O)O. The average molecular weight is 374 g/mol. The molecule has 1 aliphatic heterocycles. The van der Waals surface area contributed by atoms with Crippen LogP contribution >= 0.6 is 12.6 Å². The highest BCUT2D eigenvalue weighted by molar-refractivity contribution is 7.80. The van der Waals surface area contributed by atoms with Crippen molar-refractivity contribution >= 4 is 36.4 Å². The van der Waals surface area contributed by atoms with Gasteiger partial charge in [-0.3, -0.25) is 14.6 Å². The molecule has 1 heterocycles. The van der Waals surface area contributed by atoms with E-state index in [0.29, 0.717) is 32.4 Å². The van der Waals surface area contributed by atoms with Crippen LogP contribution in [0.3, 0.4) is 0 Å². The summed E-state index contributed by atoms with van der Waals surface area (Å²) >= 11 is 3.96. The number of amides is 2. The predicted octanol–water partition coefficient (Wildman–Crippen LogP) is -2.14. The molecule has 1 fully saturated rings. The zero-order valence-corrected chi connectivity index (χ0v) is 14.8. The first-order valence-corrected chi connectivity index (χ1v) is 8.66. The number of carbonyl (C=O) groups excluding carboxylic acids is 2. The fraction of sp³-hybridized carbons (Fsp3) is 0.714. The van der Waals surface area contributed by atoms with Gasteiger partial charge in [0, 0.05) is 18.8 Å². The highest BCUT2D eigenvalue weighted by Gasteiger charge is 2.37. The molecule has 0 aromatic rings. The summed E-state index contributed by atoms with van der Waals surface area (Å²) in [5.74, 6) is -1.93. The first-order chi connectivity index (χ1) is 11.8. The van der Waals surface area contributed by atoms with Crippen LogP contribution in [0.25, 0.3) is 0 Å². The number of nitrogens with two attached hydrogens (primary N) is 3. The zero-order valence-electron chi connectivity index (χ0n) is 13.9. The van der Waals surface area contributed by atoms with Gasteiger partial charge in [0.1, 0.15) is 12.1 Å². The first-order valence-electron chi connectivity index (χ1n) is 8.03. The van der Waals surface area contributed by atoms with Gasteiger partial charge in [0.25, 0.3) is 0 Å². The van der Waals surface area contributed by atoms with Crippen molar-refractivity contribution in [1.82, 2.24) is 10.2 Å². The molecule has 142 valence electrons. The molecule has 2 amide bonds. The molecule has 0 bridgehead atoms. The maximum absolute atomic E-state index is 12.7. The summed E-state index contributed by atoms with van der Waals surface area (Å²) in [6.45, 7) is 0.637. The van der Waals surface area contributed by atoms with E-state index in [1.807, 2.05) is 0 Å². The van der Waals surface area contributed by atoms with Gasteiger partial charge in [0.05, 0.1) is 6.04 Å². The molecule has 10 nitrogen and oxygen atoms in total. The number of nitrogens with one attached hydrogen (secondary N) is 1. The molecule has 0 radical (unpaired) electrons. The van der Waals surface area contributed by atoms with Crippen molar-refractivity contribution < 1.29 is 19.5 Å². The molecule has 8 N–H and O–H groups in total. The third kappa shape index (κ3) is 6.42. The number of rotatable bonds is 9. The number of guanidine groups is 1. The van der Waals surface area contributed by atoms with Gasteiger partial charge in [-0.1, -0.05) is 0 Å². The maximum Gasteiger partial charge on any atom is 0.326 e. The third-order valence-corrected chi connectivity index (χ3v) is 4.31. The number of hydrogen-bond donors (Lipinski definition) is 6. The molecule has 0 spiro atoms. The standard InChI is InChI=1S/C14H26N6O4S/c15-8(7-25)11(21)19-9(3-1-5-18-14(16)17)12(22)20-6-2-4-10(20)13(23)24/h8-10,25H,1-7,15H2,(H,19,21)(H,23,24)(H4,16,17,18)/t8-,9-,10+/m0/s1. The smallest absolute Gasteiger partial charge is 0.326 e. The number of aliphatic carboxylic acids is 1. The molecule has 0 saturated carbocycles. The van der Waals surface area contributed by atoms with Gasteiger partial charge >= 0.3 is 5.97 Å². The van der Waals surface area contributed by atoms with E-state index >= 15 is 0 Å². The Morgan fingerprint density at radius 2 is 2.04 bits per heavy atom. The van der Waals surface area contributed by atoms with Crippen LogP contribution in [0.2, 0.25) is 0 Å². The monoisotopic (exact) mass is 374 g/mol. The van der Waals surface area contributed by atoms with Gasteiger partial charge in [-0.2, -0.15) is 12.6 Å². The lowest BCUT2D eigenvalue weighted by molar-refractivity contribution is -0.149. The zero-order chi connectivity index (χ0) is 19.0.